The highest BCUT2D eigenvalue weighted by Crippen LogP contribution is 2.27. The summed E-state index contributed by atoms with van der Waals surface area (Å²) in [5.74, 6) is 0.299. The summed E-state index contributed by atoms with van der Waals surface area (Å²) in [6.45, 7) is 3.68. The van der Waals surface area contributed by atoms with Gasteiger partial charge < -0.3 is 9.14 Å². The summed E-state index contributed by atoms with van der Waals surface area (Å²) < 4.78 is 34.2. The maximum atomic E-state index is 13.4. The summed E-state index contributed by atoms with van der Waals surface area (Å²) in [5, 5.41) is 0.981. The minimum absolute atomic E-state index is 0.273. The largest absolute Gasteiger partial charge is 0.497 e. The zero-order valence-corrected chi connectivity index (χ0v) is 23.0. The number of halogens is 2. The van der Waals surface area contributed by atoms with Crippen molar-refractivity contribution in [2.75, 3.05) is 7.11 Å². The van der Waals surface area contributed by atoms with Crippen LogP contribution in [0.25, 0.3) is 39.3 Å². The summed E-state index contributed by atoms with van der Waals surface area (Å²) in [4.78, 5) is 13.2. The molecule has 4 heterocycles. The topological polar surface area (TPSA) is 52.3 Å². The number of nitrogens with zero attached hydrogens (tertiary/aromatic N) is 4. The van der Waals surface area contributed by atoms with Gasteiger partial charge in [0.15, 0.2) is 0 Å². The van der Waals surface area contributed by atoms with Gasteiger partial charge in [-0.2, -0.15) is 0 Å². The zero-order chi connectivity index (χ0) is 28.1. The average Bonchev–Trinajstić information content (AvgIpc) is 3.56. The molecule has 0 amide bonds. The van der Waals surface area contributed by atoms with E-state index in [1.807, 2.05) is 61.7 Å². The van der Waals surface area contributed by atoms with Gasteiger partial charge in [-0.05, 0) is 85.6 Å². The number of thiazole rings is 1. The van der Waals surface area contributed by atoms with Crippen LogP contribution in [0.5, 0.6) is 5.75 Å². The number of imidazole rings is 1. The summed E-state index contributed by atoms with van der Waals surface area (Å²) >= 11 is 1.65. The first-order valence-electron chi connectivity index (χ1n) is 12.5. The number of allylic oxidation sites excluding steroid dienone is 2. The van der Waals surface area contributed by atoms with Crippen LogP contribution in [0, 0.1) is 25.5 Å². The molecule has 0 radical (unpaired) electrons. The number of hydrogen-bond acceptors (Lipinski definition) is 5. The van der Waals surface area contributed by atoms with Gasteiger partial charge in [0.2, 0.25) is 0 Å². The van der Waals surface area contributed by atoms with Crippen LogP contribution in [0.15, 0.2) is 91.4 Å². The Labute approximate surface area is 234 Å². The first-order valence-corrected chi connectivity index (χ1v) is 13.3. The third kappa shape index (κ3) is 6.47. The fraction of sp³-hybridized carbons (Fsp3) is 0.0938. The summed E-state index contributed by atoms with van der Waals surface area (Å²) in [6.07, 6.45) is 13.0. The zero-order valence-electron chi connectivity index (χ0n) is 22.2. The Hall–Kier alpha value is -4.69. The lowest BCUT2D eigenvalue weighted by atomic mass is 10.2. The molecule has 4 aromatic heterocycles. The molecule has 40 heavy (non-hydrogen) atoms. The molecule has 0 unspecified atom stereocenters. The Morgan fingerprint density at radius 3 is 2.42 bits per heavy atom. The van der Waals surface area contributed by atoms with Crippen molar-refractivity contribution in [3.8, 4) is 17.0 Å². The van der Waals surface area contributed by atoms with Crippen LogP contribution < -0.4 is 4.74 Å². The van der Waals surface area contributed by atoms with Crippen molar-refractivity contribution < 1.29 is 13.5 Å². The number of hydrogen-bond donors (Lipinski definition) is 0. The highest BCUT2D eigenvalue weighted by Gasteiger charge is 2.07. The summed E-state index contributed by atoms with van der Waals surface area (Å²) in [5.41, 5.74) is 5.84. The molecule has 0 bridgehead atoms. The molecule has 0 aliphatic heterocycles. The van der Waals surface area contributed by atoms with Gasteiger partial charge in [0, 0.05) is 29.8 Å². The smallest absolute Gasteiger partial charge is 0.142 e. The molecular formula is C32H26F2N4OS. The maximum absolute atomic E-state index is 13.4. The van der Waals surface area contributed by atoms with Gasteiger partial charge in [-0.15, -0.1) is 11.3 Å². The van der Waals surface area contributed by atoms with Crippen LogP contribution in [0.1, 0.15) is 21.8 Å². The molecule has 0 saturated carbocycles. The first kappa shape index (κ1) is 26.9. The molecule has 0 aliphatic carbocycles. The predicted octanol–water partition coefficient (Wildman–Crippen LogP) is 8.32. The van der Waals surface area contributed by atoms with Gasteiger partial charge >= 0.3 is 0 Å². The van der Waals surface area contributed by atoms with Gasteiger partial charge in [0.25, 0.3) is 0 Å². The highest BCUT2D eigenvalue weighted by molar-refractivity contribution is 7.19. The van der Waals surface area contributed by atoms with Crippen LogP contribution in [-0.2, 0) is 0 Å². The van der Waals surface area contributed by atoms with E-state index < -0.39 is 0 Å². The van der Waals surface area contributed by atoms with E-state index >= 15 is 0 Å². The summed E-state index contributed by atoms with van der Waals surface area (Å²) in [7, 11) is 1.67. The second-order valence-corrected chi connectivity index (χ2v) is 10.1. The van der Waals surface area contributed by atoms with E-state index in [4.69, 9.17) is 4.74 Å². The van der Waals surface area contributed by atoms with E-state index in [0.717, 1.165) is 37.8 Å². The summed E-state index contributed by atoms with van der Waals surface area (Å²) in [6, 6.07) is 17.7. The van der Waals surface area contributed by atoms with Crippen molar-refractivity contribution in [1.82, 2.24) is 19.4 Å². The molecule has 6 rings (SSSR count). The molecule has 5 nitrogen and oxygen atoms in total. The second-order valence-electron chi connectivity index (χ2n) is 9.04. The number of aryl methyl sites for hydroxylation is 2. The van der Waals surface area contributed by atoms with Crippen molar-refractivity contribution in [2.45, 2.75) is 13.8 Å². The molecule has 0 atom stereocenters. The lowest BCUT2D eigenvalue weighted by Crippen LogP contribution is -1.88. The van der Waals surface area contributed by atoms with E-state index in [0.29, 0.717) is 16.9 Å². The monoisotopic (exact) mass is 552 g/mol. The SMILES string of the molecule is COc1ccc2nc(/C=C/C=C/c3ccc(C)nc3)sc2c1.Cc1cc2nc(-c3ccc(F)cc3)cn2cc1F. The lowest BCUT2D eigenvalue weighted by molar-refractivity contribution is 0.415. The van der Waals surface area contributed by atoms with Crippen LogP contribution in [-0.4, -0.2) is 26.5 Å². The third-order valence-electron chi connectivity index (χ3n) is 6.06. The normalized spacial score (nSPS) is 11.4. The van der Waals surface area contributed by atoms with Crippen molar-refractivity contribution in [3.63, 3.8) is 0 Å². The van der Waals surface area contributed by atoms with Gasteiger partial charge in [0.1, 0.15) is 28.0 Å². The van der Waals surface area contributed by atoms with E-state index in [9.17, 15) is 8.78 Å². The number of fused-ring (bicyclic) bond motifs is 2. The number of benzene rings is 2. The van der Waals surface area contributed by atoms with E-state index in [-0.39, 0.29) is 11.6 Å². The molecule has 200 valence electrons. The van der Waals surface area contributed by atoms with Crippen molar-refractivity contribution in [1.29, 1.82) is 0 Å². The molecule has 2 aromatic carbocycles. The van der Waals surface area contributed by atoms with E-state index in [1.54, 1.807) is 54.2 Å². The van der Waals surface area contributed by atoms with Gasteiger partial charge in [-0.25, -0.2) is 18.7 Å². The highest BCUT2D eigenvalue weighted by atomic mass is 32.1. The Kier molecular flexibility index (Phi) is 8.07. The number of pyridine rings is 2. The Morgan fingerprint density at radius 2 is 1.68 bits per heavy atom. The number of aromatic nitrogens is 4. The predicted molar refractivity (Wildman–Crippen MR) is 158 cm³/mol. The Bertz CT molecular complexity index is 1780. The van der Waals surface area contributed by atoms with Crippen molar-refractivity contribution in [3.05, 3.63) is 125 Å². The van der Waals surface area contributed by atoms with Crippen LogP contribution in [0.2, 0.25) is 0 Å². The number of ether oxygens (including phenoxy) is 1. The van der Waals surface area contributed by atoms with Gasteiger partial charge in [0.05, 0.1) is 23.0 Å². The first-order chi connectivity index (χ1) is 19.4. The minimum Gasteiger partial charge on any atom is -0.497 e. The van der Waals surface area contributed by atoms with Crippen molar-refractivity contribution in [2.24, 2.45) is 0 Å². The number of methoxy groups -OCH3 is 1. The Balaban J connectivity index is 0.000000164. The third-order valence-corrected chi connectivity index (χ3v) is 7.04. The molecule has 8 heteroatoms. The quantitative estimate of drug-likeness (QED) is 0.202. The molecule has 6 aromatic rings. The molecule has 0 spiro atoms. The fourth-order valence-corrected chi connectivity index (χ4v) is 4.78. The van der Waals surface area contributed by atoms with E-state index in [1.165, 1.54) is 18.3 Å². The van der Waals surface area contributed by atoms with E-state index in [2.05, 4.69) is 21.0 Å². The minimum atomic E-state index is -0.288. The molecular weight excluding hydrogens is 526 g/mol. The van der Waals surface area contributed by atoms with Crippen LogP contribution in [0.3, 0.4) is 0 Å². The fourth-order valence-electron chi connectivity index (χ4n) is 3.87. The maximum Gasteiger partial charge on any atom is 0.142 e. The average molecular weight is 553 g/mol. The molecule has 0 saturated heterocycles. The second kappa shape index (κ2) is 12.0. The molecule has 0 aliphatic rings. The van der Waals surface area contributed by atoms with Crippen LogP contribution >= 0.6 is 11.3 Å². The molecule has 0 fully saturated rings. The lowest BCUT2D eigenvalue weighted by Gasteiger charge is -1.96. The number of rotatable bonds is 5. The molecule has 0 N–H and O–H groups in total. The van der Waals surface area contributed by atoms with Crippen molar-refractivity contribution >= 4 is 39.4 Å². The van der Waals surface area contributed by atoms with Crippen LogP contribution in [0.4, 0.5) is 8.78 Å². The van der Waals surface area contributed by atoms with Gasteiger partial charge in [-0.3, -0.25) is 4.98 Å². The van der Waals surface area contributed by atoms with Gasteiger partial charge in [-0.1, -0.05) is 24.3 Å². The Morgan fingerprint density at radius 1 is 0.875 bits per heavy atom. The standard InChI is InChI=1S/C18H16N2OS.C14H10F2N2/c1-13-7-8-14(12-19-13)5-3-4-6-18-20-16-10-9-15(21-2)11-17(16)22-18;1-9-6-14-17-13(8-18(14)7-12(9)16)10-2-4-11(15)5-3-10/h3-12H,1-2H3;2-8H,1H3/b5-3+,6-4+;.